The van der Waals surface area contributed by atoms with Crippen molar-refractivity contribution in [3.05, 3.63) is 42.1 Å². The summed E-state index contributed by atoms with van der Waals surface area (Å²) in [6.45, 7) is 4.08. The summed E-state index contributed by atoms with van der Waals surface area (Å²) < 4.78 is 5.29. The molecule has 1 N–H and O–H groups in total. The van der Waals surface area contributed by atoms with Crippen LogP contribution >= 0.6 is 0 Å². The topological polar surface area (TPSA) is 51.0 Å². The van der Waals surface area contributed by atoms with Crippen LogP contribution in [0.5, 0.6) is 0 Å². The summed E-state index contributed by atoms with van der Waals surface area (Å²) in [5, 5.41) is 3.28. The van der Waals surface area contributed by atoms with E-state index in [0.717, 1.165) is 24.3 Å². The lowest BCUT2D eigenvalue weighted by Gasteiger charge is -2.12. The predicted octanol–water partition coefficient (Wildman–Crippen LogP) is 2.81. The van der Waals surface area contributed by atoms with E-state index >= 15 is 0 Å². The van der Waals surface area contributed by atoms with E-state index in [0.29, 0.717) is 12.0 Å². The van der Waals surface area contributed by atoms with Gasteiger partial charge in [0.2, 0.25) is 5.95 Å². The molecular weight excluding hydrogens is 214 g/mol. The largest absolute Gasteiger partial charge is 0.469 e. The van der Waals surface area contributed by atoms with Crippen molar-refractivity contribution in [2.45, 2.75) is 32.7 Å². The molecule has 0 saturated carbocycles. The fraction of sp³-hybridized carbons (Fsp3) is 0.385. The highest BCUT2D eigenvalue weighted by Gasteiger charge is 2.05. The Kier molecular flexibility index (Phi) is 3.75. The third-order valence-electron chi connectivity index (χ3n) is 2.57. The van der Waals surface area contributed by atoms with Gasteiger partial charge in [-0.1, -0.05) is 0 Å². The molecule has 1 atom stereocenters. The third-order valence-corrected chi connectivity index (χ3v) is 2.57. The number of nitrogens with one attached hydrogen (secondary N) is 1. The summed E-state index contributed by atoms with van der Waals surface area (Å²) in [6, 6.07) is 6.12. The molecule has 0 spiro atoms. The zero-order valence-corrected chi connectivity index (χ0v) is 10.2. The zero-order chi connectivity index (χ0) is 12.1. The Bertz CT molecular complexity index is 453. The lowest BCUT2D eigenvalue weighted by Crippen LogP contribution is -2.17. The summed E-state index contributed by atoms with van der Waals surface area (Å²) >= 11 is 0. The van der Waals surface area contributed by atoms with E-state index in [1.54, 1.807) is 12.5 Å². The van der Waals surface area contributed by atoms with Gasteiger partial charge in [0.25, 0.3) is 0 Å². The first-order chi connectivity index (χ1) is 8.24. The minimum atomic E-state index is 0.321. The van der Waals surface area contributed by atoms with Gasteiger partial charge in [-0.05, 0) is 38.5 Å². The molecule has 0 fully saturated rings. The van der Waals surface area contributed by atoms with Gasteiger partial charge in [0.15, 0.2) is 0 Å². The fourth-order valence-electron chi connectivity index (χ4n) is 1.62. The second kappa shape index (κ2) is 5.48. The molecule has 0 aromatic carbocycles. The van der Waals surface area contributed by atoms with Crippen LogP contribution in [0.4, 0.5) is 5.95 Å². The maximum absolute atomic E-state index is 5.29. The first-order valence-electron chi connectivity index (χ1n) is 5.82. The molecule has 2 rings (SSSR count). The molecule has 2 aromatic heterocycles. The molecule has 0 saturated heterocycles. The minimum absolute atomic E-state index is 0.321. The van der Waals surface area contributed by atoms with E-state index in [1.165, 1.54) is 0 Å². The van der Waals surface area contributed by atoms with Crippen LogP contribution in [0.25, 0.3) is 0 Å². The molecule has 2 aromatic rings. The Morgan fingerprint density at radius 3 is 3.00 bits per heavy atom. The number of anilines is 1. The van der Waals surface area contributed by atoms with Crippen LogP contribution in [0.3, 0.4) is 0 Å². The second-order valence-corrected chi connectivity index (χ2v) is 4.19. The Balaban J connectivity index is 1.83. The van der Waals surface area contributed by atoms with Gasteiger partial charge < -0.3 is 9.73 Å². The van der Waals surface area contributed by atoms with Crippen molar-refractivity contribution in [3.63, 3.8) is 0 Å². The lowest BCUT2D eigenvalue weighted by molar-refractivity contribution is 0.494. The quantitative estimate of drug-likeness (QED) is 0.859. The zero-order valence-electron chi connectivity index (χ0n) is 10.2. The SMILES string of the molecule is Cc1ccnc(NC(C)CCc2ccco2)n1. The number of furan rings is 1. The molecule has 17 heavy (non-hydrogen) atoms. The summed E-state index contributed by atoms with van der Waals surface area (Å²) in [5.74, 6) is 1.71. The highest BCUT2D eigenvalue weighted by Crippen LogP contribution is 2.09. The fourth-order valence-corrected chi connectivity index (χ4v) is 1.62. The molecule has 2 heterocycles. The van der Waals surface area contributed by atoms with Crippen LogP contribution in [0, 0.1) is 6.92 Å². The van der Waals surface area contributed by atoms with Crippen LogP contribution in [0.2, 0.25) is 0 Å². The van der Waals surface area contributed by atoms with Crippen LogP contribution in [0.1, 0.15) is 24.8 Å². The molecule has 0 bridgehead atoms. The third kappa shape index (κ3) is 3.59. The van der Waals surface area contributed by atoms with Crippen molar-refractivity contribution in [2.24, 2.45) is 0 Å². The van der Waals surface area contributed by atoms with Gasteiger partial charge in [0.1, 0.15) is 5.76 Å². The highest BCUT2D eigenvalue weighted by molar-refractivity contribution is 5.26. The van der Waals surface area contributed by atoms with E-state index < -0.39 is 0 Å². The average molecular weight is 231 g/mol. The van der Waals surface area contributed by atoms with E-state index in [9.17, 15) is 0 Å². The molecule has 0 aliphatic heterocycles. The molecule has 0 aliphatic carbocycles. The number of rotatable bonds is 5. The van der Waals surface area contributed by atoms with Gasteiger partial charge in [0, 0.05) is 24.4 Å². The predicted molar refractivity (Wildman–Crippen MR) is 66.9 cm³/mol. The van der Waals surface area contributed by atoms with Gasteiger partial charge in [-0.3, -0.25) is 0 Å². The first-order valence-corrected chi connectivity index (χ1v) is 5.82. The Morgan fingerprint density at radius 2 is 2.29 bits per heavy atom. The standard InChI is InChI=1S/C13H17N3O/c1-10(5-6-12-4-3-9-17-12)15-13-14-8-7-11(2)16-13/h3-4,7-10H,5-6H2,1-2H3,(H,14,15,16). The van der Waals surface area contributed by atoms with Crippen molar-refractivity contribution < 1.29 is 4.42 Å². The van der Waals surface area contributed by atoms with Crippen LogP contribution in [-0.2, 0) is 6.42 Å². The van der Waals surface area contributed by atoms with E-state index in [-0.39, 0.29) is 0 Å². The van der Waals surface area contributed by atoms with Crippen molar-refractivity contribution in [3.8, 4) is 0 Å². The Labute approximate surface area is 101 Å². The molecule has 0 aliphatic rings. The normalized spacial score (nSPS) is 12.4. The lowest BCUT2D eigenvalue weighted by atomic mass is 10.1. The molecule has 0 amide bonds. The summed E-state index contributed by atoms with van der Waals surface area (Å²) in [7, 11) is 0. The van der Waals surface area contributed by atoms with Crippen molar-refractivity contribution >= 4 is 5.95 Å². The van der Waals surface area contributed by atoms with Gasteiger partial charge in [-0.15, -0.1) is 0 Å². The van der Waals surface area contributed by atoms with Crippen molar-refractivity contribution in [1.29, 1.82) is 0 Å². The van der Waals surface area contributed by atoms with E-state index in [2.05, 4.69) is 22.2 Å². The number of aromatic nitrogens is 2. The van der Waals surface area contributed by atoms with E-state index in [1.807, 2.05) is 25.1 Å². The molecule has 4 nitrogen and oxygen atoms in total. The van der Waals surface area contributed by atoms with Gasteiger partial charge in [-0.2, -0.15) is 0 Å². The van der Waals surface area contributed by atoms with Crippen molar-refractivity contribution in [2.75, 3.05) is 5.32 Å². The number of hydrogen-bond acceptors (Lipinski definition) is 4. The molecule has 90 valence electrons. The molecule has 1 unspecified atom stereocenters. The van der Waals surface area contributed by atoms with Crippen LogP contribution in [-0.4, -0.2) is 16.0 Å². The summed E-state index contributed by atoms with van der Waals surface area (Å²) in [6.07, 6.45) is 5.39. The molecule has 0 radical (unpaired) electrons. The number of hydrogen-bond donors (Lipinski definition) is 1. The molecular formula is C13H17N3O. The average Bonchev–Trinajstić information content (AvgIpc) is 2.79. The maximum Gasteiger partial charge on any atom is 0.223 e. The monoisotopic (exact) mass is 231 g/mol. The summed E-state index contributed by atoms with van der Waals surface area (Å²) in [5.41, 5.74) is 0.973. The first kappa shape index (κ1) is 11.6. The summed E-state index contributed by atoms with van der Waals surface area (Å²) in [4.78, 5) is 8.49. The highest BCUT2D eigenvalue weighted by atomic mass is 16.3. The van der Waals surface area contributed by atoms with Gasteiger partial charge in [0.05, 0.1) is 6.26 Å². The van der Waals surface area contributed by atoms with Gasteiger partial charge >= 0.3 is 0 Å². The second-order valence-electron chi connectivity index (χ2n) is 4.19. The molecule has 4 heteroatoms. The smallest absolute Gasteiger partial charge is 0.223 e. The minimum Gasteiger partial charge on any atom is -0.469 e. The van der Waals surface area contributed by atoms with Crippen LogP contribution < -0.4 is 5.32 Å². The van der Waals surface area contributed by atoms with E-state index in [4.69, 9.17) is 4.42 Å². The maximum atomic E-state index is 5.29. The van der Waals surface area contributed by atoms with Crippen LogP contribution in [0.15, 0.2) is 35.1 Å². The van der Waals surface area contributed by atoms with Crippen molar-refractivity contribution in [1.82, 2.24) is 9.97 Å². The Morgan fingerprint density at radius 1 is 1.41 bits per heavy atom. The Hall–Kier alpha value is -1.84. The number of nitrogens with zero attached hydrogens (tertiary/aromatic N) is 2. The van der Waals surface area contributed by atoms with Gasteiger partial charge in [-0.25, -0.2) is 9.97 Å². The number of aryl methyl sites for hydroxylation is 2.